The topological polar surface area (TPSA) is 119 Å². The summed E-state index contributed by atoms with van der Waals surface area (Å²) in [6, 6.07) is 9.77. The minimum atomic E-state index is -3.62. The number of hydrogen-bond acceptors (Lipinski definition) is 7. The molecule has 0 saturated carbocycles. The van der Waals surface area contributed by atoms with Crippen LogP contribution in [0.15, 0.2) is 53.4 Å². The number of hydrogen-bond donors (Lipinski definition) is 1. The minimum absolute atomic E-state index is 0.00564. The van der Waals surface area contributed by atoms with E-state index >= 15 is 0 Å². The van der Waals surface area contributed by atoms with Gasteiger partial charge in [-0.25, -0.2) is 13.2 Å². The van der Waals surface area contributed by atoms with Gasteiger partial charge in [0, 0.05) is 18.7 Å². The summed E-state index contributed by atoms with van der Waals surface area (Å²) in [5.41, 5.74) is 0.0372. The summed E-state index contributed by atoms with van der Waals surface area (Å²) < 4.78 is 59.7. The average Bonchev–Trinajstić information content (AvgIpc) is 3.33. The van der Waals surface area contributed by atoms with Crippen LogP contribution in [-0.2, 0) is 19.6 Å². The van der Waals surface area contributed by atoms with Gasteiger partial charge in [-0.05, 0) is 61.4 Å². The molecule has 0 atom stereocenters. The Labute approximate surface area is 188 Å². The number of benzene rings is 2. The molecule has 0 bridgehead atoms. The lowest BCUT2D eigenvalue weighted by molar-refractivity contribution is -0.123. The van der Waals surface area contributed by atoms with E-state index in [1.54, 1.807) is 0 Å². The highest BCUT2D eigenvalue weighted by atomic mass is 32.2. The van der Waals surface area contributed by atoms with Crippen molar-refractivity contribution in [1.82, 2.24) is 9.62 Å². The van der Waals surface area contributed by atoms with Crippen molar-refractivity contribution < 1.29 is 41.1 Å². The normalized spacial score (nSPS) is 14.2. The van der Waals surface area contributed by atoms with Gasteiger partial charge >= 0.3 is 12.6 Å². The minimum Gasteiger partial charge on any atom is -0.452 e. The molecule has 2 aromatic carbocycles. The van der Waals surface area contributed by atoms with Gasteiger partial charge in [-0.3, -0.25) is 14.9 Å². The molecule has 2 amide bonds. The van der Waals surface area contributed by atoms with Crippen LogP contribution in [0.4, 0.5) is 8.78 Å². The number of rotatable bonds is 8. The number of nitrogens with zero attached hydrogens (tertiary/aromatic N) is 1. The Kier molecular flexibility index (Phi) is 7.71. The predicted octanol–water partition coefficient (Wildman–Crippen LogP) is 2.19. The summed E-state index contributed by atoms with van der Waals surface area (Å²) in [4.78, 5) is 36.1. The first-order chi connectivity index (χ1) is 15.7. The van der Waals surface area contributed by atoms with Crippen molar-refractivity contribution in [2.45, 2.75) is 24.3 Å². The van der Waals surface area contributed by atoms with E-state index in [1.807, 2.05) is 5.32 Å². The zero-order valence-electron chi connectivity index (χ0n) is 17.2. The van der Waals surface area contributed by atoms with Gasteiger partial charge in [0.1, 0.15) is 5.75 Å². The first-order valence-corrected chi connectivity index (χ1v) is 11.3. The summed E-state index contributed by atoms with van der Waals surface area (Å²) in [5.74, 6) is -2.76. The molecule has 3 rings (SSSR count). The number of alkyl halides is 2. The molecule has 9 nitrogen and oxygen atoms in total. The quantitative estimate of drug-likeness (QED) is 0.573. The number of nitrogens with one attached hydrogen (secondary N) is 1. The summed E-state index contributed by atoms with van der Waals surface area (Å²) in [6.07, 6.45) is 1.60. The van der Waals surface area contributed by atoms with Crippen molar-refractivity contribution in [2.24, 2.45) is 0 Å². The molecular weight excluding hydrogens is 462 g/mol. The Morgan fingerprint density at radius 1 is 0.939 bits per heavy atom. The molecule has 1 aliphatic heterocycles. The summed E-state index contributed by atoms with van der Waals surface area (Å²) in [6.45, 7) is -2.86. The Bertz CT molecular complexity index is 1110. The van der Waals surface area contributed by atoms with Crippen LogP contribution in [-0.4, -0.2) is 56.8 Å². The van der Waals surface area contributed by atoms with Crippen LogP contribution in [0.25, 0.3) is 0 Å². The molecule has 1 saturated heterocycles. The Hall–Kier alpha value is -3.38. The zero-order chi connectivity index (χ0) is 24.0. The highest BCUT2D eigenvalue weighted by molar-refractivity contribution is 7.89. The number of esters is 1. The lowest BCUT2D eigenvalue weighted by Gasteiger charge is -2.15. The molecule has 0 radical (unpaired) electrons. The molecule has 176 valence electrons. The maximum Gasteiger partial charge on any atom is 0.387 e. The highest BCUT2D eigenvalue weighted by Crippen LogP contribution is 2.21. The fourth-order valence-corrected chi connectivity index (χ4v) is 4.59. The van der Waals surface area contributed by atoms with E-state index in [0.29, 0.717) is 13.1 Å². The van der Waals surface area contributed by atoms with Crippen molar-refractivity contribution in [2.75, 3.05) is 19.7 Å². The SMILES string of the molecule is O=C(COC(=O)c1ccc(S(=O)(=O)N2CCCC2)cc1)NC(=O)c1ccc(OC(F)F)cc1. The van der Waals surface area contributed by atoms with E-state index in [9.17, 15) is 31.6 Å². The van der Waals surface area contributed by atoms with E-state index < -0.39 is 41.0 Å². The largest absolute Gasteiger partial charge is 0.452 e. The molecule has 0 aromatic heterocycles. The van der Waals surface area contributed by atoms with Gasteiger partial charge in [-0.1, -0.05) is 0 Å². The van der Waals surface area contributed by atoms with Crippen LogP contribution in [0, 0.1) is 0 Å². The van der Waals surface area contributed by atoms with Crippen molar-refractivity contribution in [3.05, 3.63) is 59.7 Å². The average molecular weight is 482 g/mol. The van der Waals surface area contributed by atoms with Gasteiger partial charge in [0.25, 0.3) is 11.8 Å². The number of imide groups is 1. The van der Waals surface area contributed by atoms with E-state index in [1.165, 1.54) is 40.7 Å². The third-order valence-electron chi connectivity index (χ3n) is 4.72. The van der Waals surface area contributed by atoms with Gasteiger partial charge in [0.15, 0.2) is 6.61 Å². The van der Waals surface area contributed by atoms with E-state index in [-0.39, 0.29) is 21.8 Å². The van der Waals surface area contributed by atoms with Crippen molar-refractivity contribution >= 4 is 27.8 Å². The fourth-order valence-electron chi connectivity index (χ4n) is 3.08. The second-order valence-corrected chi connectivity index (χ2v) is 8.93. The maximum atomic E-state index is 12.5. The smallest absolute Gasteiger partial charge is 0.387 e. The number of halogens is 2. The number of carbonyl (C=O) groups excluding carboxylic acids is 3. The van der Waals surface area contributed by atoms with E-state index in [0.717, 1.165) is 25.0 Å². The van der Waals surface area contributed by atoms with Crippen molar-refractivity contribution in [3.8, 4) is 5.75 Å². The van der Waals surface area contributed by atoms with Crippen LogP contribution in [0.3, 0.4) is 0 Å². The Morgan fingerprint density at radius 3 is 2.09 bits per heavy atom. The summed E-state index contributed by atoms with van der Waals surface area (Å²) in [7, 11) is -3.62. The second kappa shape index (κ2) is 10.5. The van der Waals surface area contributed by atoms with E-state index in [2.05, 4.69) is 4.74 Å². The number of ether oxygens (including phenoxy) is 2. The molecule has 2 aromatic rings. The molecule has 0 unspecified atom stereocenters. The van der Waals surface area contributed by atoms with Crippen LogP contribution < -0.4 is 10.1 Å². The molecule has 1 N–H and O–H groups in total. The molecule has 0 spiro atoms. The standard InChI is InChI=1S/C21H20F2N2O7S/c22-21(23)32-16-7-3-14(4-8-16)19(27)24-18(26)13-31-20(28)15-5-9-17(10-6-15)33(29,30)25-11-1-2-12-25/h3-10,21H,1-2,11-13H2,(H,24,26,27). The lowest BCUT2D eigenvalue weighted by atomic mass is 10.2. The van der Waals surface area contributed by atoms with Gasteiger partial charge < -0.3 is 9.47 Å². The third kappa shape index (κ3) is 6.33. The molecule has 33 heavy (non-hydrogen) atoms. The fraction of sp³-hybridized carbons (Fsp3) is 0.286. The van der Waals surface area contributed by atoms with Gasteiger partial charge in [0.2, 0.25) is 10.0 Å². The highest BCUT2D eigenvalue weighted by Gasteiger charge is 2.27. The predicted molar refractivity (Wildman–Crippen MR) is 110 cm³/mol. The molecule has 12 heteroatoms. The molecule has 1 heterocycles. The molecule has 0 aliphatic carbocycles. The van der Waals surface area contributed by atoms with Gasteiger partial charge in [-0.15, -0.1) is 0 Å². The summed E-state index contributed by atoms with van der Waals surface area (Å²) >= 11 is 0. The van der Waals surface area contributed by atoms with Crippen LogP contribution in [0.1, 0.15) is 33.6 Å². The number of carbonyl (C=O) groups is 3. The van der Waals surface area contributed by atoms with Crippen LogP contribution >= 0.6 is 0 Å². The first-order valence-electron chi connectivity index (χ1n) is 9.83. The van der Waals surface area contributed by atoms with Crippen LogP contribution in [0.5, 0.6) is 5.75 Å². The van der Waals surface area contributed by atoms with Crippen molar-refractivity contribution in [1.29, 1.82) is 0 Å². The number of amides is 2. The molecule has 1 fully saturated rings. The lowest BCUT2D eigenvalue weighted by Crippen LogP contribution is -2.34. The van der Waals surface area contributed by atoms with Gasteiger partial charge in [-0.2, -0.15) is 13.1 Å². The molecular formula is C21H20F2N2O7S. The van der Waals surface area contributed by atoms with Gasteiger partial charge in [0.05, 0.1) is 10.5 Å². The van der Waals surface area contributed by atoms with Crippen LogP contribution in [0.2, 0.25) is 0 Å². The molecule has 1 aliphatic rings. The monoisotopic (exact) mass is 482 g/mol. The number of sulfonamides is 1. The zero-order valence-corrected chi connectivity index (χ0v) is 18.0. The van der Waals surface area contributed by atoms with Crippen molar-refractivity contribution in [3.63, 3.8) is 0 Å². The Balaban J connectivity index is 1.50. The summed E-state index contributed by atoms with van der Waals surface area (Å²) in [5, 5.41) is 1.99. The third-order valence-corrected chi connectivity index (χ3v) is 6.63. The second-order valence-electron chi connectivity index (χ2n) is 6.99. The maximum absolute atomic E-state index is 12.5. The van der Waals surface area contributed by atoms with E-state index in [4.69, 9.17) is 4.74 Å². The first kappa shape index (κ1) is 24.3. The Morgan fingerprint density at radius 2 is 1.52 bits per heavy atom.